The van der Waals surface area contributed by atoms with Crippen LogP contribution in [0, 0.1) is 0 Å². The van der Waals surface area contributed by atoms with Gasteiger partial charge in [0.25, 0.3) is 0 Å². The molecule has 1 aliphatic heterocycles. The molecule has 0 aliphatic carbocycles. The number of hydrogen-bond acceptors (Lipinski definition) is 4. The molecule has 1 unspecified atom stereocenters. The molecule has 1 saturated heterocycles. The number of carbonyl (C=O) groups excluding carboxylic acids is 2. The van der Waals surface area contributed by atoms with E-state index >= 15 is 0 Å². The number of methoxy groups -OCH3 is 1. The maximum absolute atomic E-state index is 13.0. The Labute approximate surface area is 187 Å². The van der Waals surface area contributed by atoms with Crippen molar-refractivity contribution in [1.82, 2.24) is 10.2 Å². The lowest BCUT2D eigenvalue weighted by atomic mass is 9.90. The average Bonchev–Trinajstić information content (AvgIpc) is 3.08. The van der Waals surface area contributed by atoms with Crippen molar-refractivity contribution >= 4 is 35.1 Å². The highest BCUT2D eigenvalue weighted by molar-refractivity contribution is 6.30. The normalized spacial score (nSPS) is 18.5. The fraction of sp³-hybridized carbons (Fsp3) is 0.391. The predicted octanol–water partition coefficient (Wildman–Crippen LogP) is 4.94. The third-order valence-corrected chi connectivity index (χ3v) is 5.76. The molecule has 0 aromatic heterocycles. The number of hydrogen-bond donors (Lipinski definition) is 1. The zero-order chi connectivity index (χ0) is 21.8. The number of halogens is 2. The lowest BCUT2D eigenvalue weighted by molar-refractivity contribution is -0.151. The number of likely N-dealkylation sites (tertiary alicyclic amines) is 1. The van der Waals surface area contributed by atoms with Crippen LogP contribution in [0.25, 0.3) is 0 Å². The molecule has 1 fully saturated rings. The Morgan fingerprint density at radius 3 is 2.40 bits per heavy atom. The van der Waals surface area contributed by atoms with Crippen molar-refractivity contribution < 1.29 is 14.3 Å². The first-order valence-corrected chi connectivity index (χ1v) is 10.7. The van der Waals surface area contributed by atoms with Gasteiger partial charge in [-0.2, -0.15) is 0 Å². The van der Waals surface area contributed by atoms with Gasteiger partial charge in [-0.15, -0.1) is 0 Å². The minimum atomic E-state index is -0.643. The summed E-state index contributed by atoms with van der Waals surface area (Å²) < 4.78 is 5.01. The molecule has 3 rings (SSSR count). The summed E-state index contributed by atoms with van der Waals surface area (Å²) in [6.45, 7) is 4.09. The molecule has 5 nitrogen and oxygen atoms in total. The Balaban J connectivity index is 2.16. The number of benzene rings is 2. The quantitative estimate of drug-likeness (QED) is 0.609. The van der Waals surface area contributed by atoms with Crippen LogP contribution in [0.2, 0.25) is 10.0 Å². The summed E-state index contributed by atoms with van der Waals surface area (Å²) in [5, 5.41) is 4.77. The molecular weight excluding hydrogens is 423 g/mol. The molecule has 1 N–H and O–H groups in total. The highest BCUT2D eigenvalue weighted by Crippen LogP contribution is 2.40. The number of esters is 1. The Morgan fingerprint density at radius 1 is 1.10 bits per heavy atom. The zero-order valence-corrected chi connectivity index (χ0v) is 18.8. The van der Waals surface area contributed by atoms with Gasteiger partial charge in [0.15, 0.2) is 0 Å². The Bertz CT molecular complexity index is 902. The van der Waals surface area contributed by atoms with Gasteiger partial charge >= 0.3 is 5.97 Å². The summed E-state index contributed by atoms with van der Waals surface area (Å²) in [4.78, 5) is 27.2. The van der Waals surface area contributed by atoms with Gasteiger partial charge in [-0.3, -0.25) is 4.79 Å². The van der Waals surface area contributed by atoms with E-state index in [1.165, 1.54) is 7.11 Å². The van der Waals surface area contributed by atoms with E-state index in [1.807, 2.05) is 56.3 Å². The van der Waals surface area contributed by atoms with Crippen molar-refractivity contribution in [2.75, 3.05) is 7.11 Å². The number of nitrogens with zero attached hydrogens (tertiary/aromatic N) is 1. The topological polar surface area (TPSA) is 58.6 Å². The van der Waals surface area contributed by atoms with E-state index in [9.17, 15) is 9.59 Å². The third-order valence-electron chi connectivity index (χ3n) is 5.28. The van der Waals surface area contributed by atoms with Crippen LogP contribution in [0.15, 0.2) is 48.5 Å². The van der Waals surface area contributed by atoms with Crippen molar-refractivity contribution in [2.24, 2.45) is 0 Å². The molecule has 7 heteroatoms. The van der Waals surface area contributed by atoms with Crippen molar-refractivity contribution in [3.05, 3.63) is 69.7 Å². The molecule has 1 amide bonds. The second kappa shape index (κ2) is 9.82. The molecule has 3 atom stereocenters. The largest absolute Gasteiger partial charge is 0.467 e. The molecule has 0 spiro atoms. The molecule has 0 bridgehead atoms. The molecule has 0 saturated carbocycles. The molecule has 160 valence electrons. The minimum Gasteiger partial charge on any atom is -0.467 e. The van der Waals surface area contributed by atoms with Gasteiger partial charge in [-0.1, -0.05) is 61.3 Å². The zero-order valence-electron chi connectivity index (χ0n) is 17.3. The molecule has 2 aromatic rings. The first kappa shape index (κ1) is 22.6. The van der Waals surface area contributed by atoms with Crippen LogP contribution in [0.3, 0.4) is 0 Å². The number of nitrogens with one attached hydrogen (secondary N) is 1. The average molecular weight is 449 g/mol. The highest BCUT2D eigenvalue weighted by Gasteiger charge is 2.44. The lowest BCUT2D eigenvalue weighted by Gasteiger charge is -2.39. The SMILES string of the molecule is COC(=O)C1CCC(=O)N1[C@@H](c1cccc(Cl)c1)[C@H](NC(C)C)c1ccc(Cl)cc1. The Kier molecular flexibility index (Phi) is 7.40. The molecule has 0 radical (unpaired) electrons. The second-order valence-corrected chi connectivity index (χ2v) is 8.60. The fourth-order valence-electron chi connectivity index (χ4n) is 4.02. The van der Waals surface area contributed by atoms with Crippen LogP contribution in [-0.2, 0) is 14.3 Å². The predicted molar refractivity (Wildman–Crippen MR) is 119 cm³/mol. The Hall–Kier alpha value is -2.08. The van der Waals surface area contributed by atoms with E-state index in [1.54, 1.807) is 11.0 Å². The Morgan fingerprint density at radius 2 is 1.80 bits per heavy atom. The molecule has 1 aliphatic rings. The maximum atomic E-state index is 13.0. The minimum absolute atomic E-state index is 0.0834. The highest BCUT2D eigenvalue weighted by atomic mass is 35.5. The van der Waals surface area contributed by atoms with Gasteiger partial charge in [0.05, 0.1) is 19.2 Å². The standard InChI is InChI=1S/C23H26Cl2N2O3/c1-14(2)26-21(15-7-9-17(24)10-8-15)22(16-5-4-6-18(25)13-16)27-19(23(29)30-3)11-12-20(27)28/h4-10,13-14,19,21-22,26H,11-12H2,1-3H3/t19?,21-,22+/m1/s1. The summed E-state index contributed by atoms with van der Waals surface area (Å²) >= 11 is 12.4. The van der Waals surface area contributed by atoms with E-state index in [2.05, 4.69) is 5.32 Å². The molecule has 1 heterocycles. The second-order valence-electron chi connectivity index (χ2n) is 7.73. The summed E-state index contributed by atoms with van der Waals surface area (Å²) in [7, 11) is 1.35. The van der Waals surface area contributed by atoms with Gasteiger partial charge < -0.3 is 15.0 Å². The summed E-state index contributed by atoms with van der Waals surface area (Å²) in [6, 6.07) is 13.7. The van der Waals surface area contributed by atoms with Crippen LogP contribution in [0.5, 0.6) is 0 Å². The first-order valence-electron chi connectivity index (χ1n) is 9.97. The van der Waals surface area contributed by atoms with Crippen LogP contribution in [0.4, 0.5) is 0 Å². The lowest BCUT2D eigenvalue weighted by Crippen LogP contribution is -2.47. The van der Waals surface area contributed by atoms with Gasteiger partial charge in [0, 0.05) is 22.5 Å². The molecule has 2 aromatic carbocycles. The van der Waals surface area contributed by atoms with Crippen LogP contribution >= 0.6 is 23.2 Å². The number of ether oxygens (including phenoxy) is 1. The van der Waals surface area contributed by atoms with Crippen LogP contribution in [-0.4, -0.2) is 36.0 Å². The summed E-state index contributed by atoms with van der Waals surface area (Å²) in [5.41, 5.74) is 1.81. The summed E-state index contributed by atoms with van der Waals surface area (Å²) in [5.74, 6) is -0.493. The third kappa shape index (κ3) is 4.97. The van der Waals surface area contributed by atoms with E-state index in [4.69, 9.17) is 27.9 Å². The van der Waals surface area contributed by atoms with Crippen molar-refractivity contribution in [3.8, 4) is 0 Å². The number of carbonyl (C=O) groups is 2. The van der Waals surface area contributed by atoms with Crippen molar-refractivity contribution in [1.29, 1.82) is 0 Å². The van der Waals surface area contributed by atoms with Gasteiger partial charge in [-0.05, 0) is 41.8 Å². The van der Waals surface area contributed by atoms with E-state index in [0.717, 1.165) is 11.1 Å². The monoisotopic (exact) mass is 448 g/mol. The fourth-order valence-corrected chi connectivity index (χ4v) is 4.35. The van der Waals surface area contributed by atoms with E-state index < -0.39 is 18.1 Å². The molecule has 30 heavy (non-hydrogen) atoms. The van der Waals surface area contributed by atoms with Gasteiger partial charge in [0.2, 0.25) is 5.91 Å². The first-order chi connectivity index (χ1) is 14.3. The van der Waals surface area contributed by atoms with Gasteiger partial charge in [-0.25, -0.2) is 4.79 Å². The van der Waals surface area contributed by atoms with Crippen LogP contribution in [0.1, 0.15) is 49.9 Å². The van der Waals surface area contributed by atoms with Crippen molar-refractivity contribution in [2.45, 2.75) is 50.9 Å². The van der Waals surface area contributed by atoms with E-state index in [0.29, 0.717) is 22.9 Å². The maximum Gasteiger partial charge on any atom is 0.328 e. The number of amides is 1. The molecular formula is C23H26Cl2N2O3. The van der Waals surface area contributed by atoms with Gasteiger partial charge in [0.1, 0.15) is 6.04 Å². The summed E-state index contributed by atoms with van der Waals surface area (Å²) in [6.07, 6.45) is 0.726. The van der Waals surface area contributed by atoms with Crippen molar-refractivity contribution in [3.63, 3.8) is 0 Å². The van der Waals surface area contributed by atoms with E-state index in [-0.39, 0.29) is 18.0 Å². The number of rotatable bonds is 7. The smallest absolute Gasteiger partial charge is 0.328 e. The van der Waals surface area contributed by atoms with Crippen LogP contribution < -0.4 is 5.32 Å².